The SMILES string of the molecule is CN(CC1CCNCC1)C(=O)N1CCc2ccccc2C1c1ccc(F)cc1. The number of rotatable bonds is 3. The van der Waals surface area contributed by atoms with E-state index < -0.39 is 0 Å². The Bertz CT molecular complexity index is 817. The molecule has 2 aliphatic heterocycles. The molecule has 0 aliphatic carbocycles. The Labute approximate surface area is 166 Å². The Morgan fingerprint density at radius 3 is 2.61 bits per heavy atom. The van der Waals surface area contributed by atoms with Crippen molar-refractivity contribution < 1.29 is 9.18 Å². The molecule has 4 rings (SSSR count). The van der Waals surface area contributed by atoms with Crippen molar-refractivity contribution in [2.24, 2.45) is 5.92 Å². The molecule has 5 heteroatoms. The molecule has 1 unspecified atom stereocenters. The topological polar surface area (TPSA) is 35.6 Å². The first kappa shape index (κ1) is 18.9. The van der Waals surface area contributed by atoms with Crippen LogP contribution in [0, 0.1) is 11.7 Å². The zero-order valence-corrected chi connectivity index (χ0v) is 16.4. The first-order valence-electron chi connectivity index (χ1n) is 10.2. The van der Waals surface area contributed by atoms with Crippen LogP contribution in [-0.4, -0.2) is 49.1 Å². The van der Waals surface area contributed by atoms with E-state index in [0.29, 0.717) is 12.5 Å². The number of benzene rings is 2. The Kier molecular flexibility index (Phi) is 5.62. The van der Waals surface area contributed by atoms with Crippen LogP contribution in [0.5, 0.6) is 0 Å². The van der Waals surface area contributed by atoms with E-state index in [-0.39, 0.29) is 17.9 Å². The van der Waals surface area contributed by atoms with Gasteiger partial charge in [0.05, 0.1) is 6.04 Å². The lowest BCUT2D eigenvalue weighted by atomic mass is 9.88. The molecule has 0 aromatic heterocycles. The Morgan fingerprint density at radius 1 is 1.14 bits per heavy atom. The van der Waals surface area contributed by atoms with E-state index in [0.717, 1.165) is 50.0 Å². The monoisotopic (exact) mass is 381 g/mol. The van der Waals surface area contributed by atoms with E-state index in [2.05, 4.69) is 17.4 Å². The molecule has 2 amide bonds. The van der Waals surface area contributed by atoms with Gasteiger partial charge in [0.15, 0.2) is 0 Å². The molecule has 0 saturated carbocycles. The Hall–Kier alpha value is -2.40. The quantitative estimate of drug-likeness (QED) is 0.877. The van der Waals surface area contributed by atoms with Crippen molar-refractivity contribution >= 4 is 6.03 Å². The first-order valence-corrected chi connectivity index (χ1v) is 10.2. The molecule has 2 aromatic carbocycles. The van der Waals surface area contributed by atoms with Crippen LogP contribution in [0.4, 0.5) is 9.18 Å². The molecule has 4 nitrogen and oxygen atoms in total. The molecule has 1 fully saturated rings. The minimum atomic E-state index is -0.256. The lowest BCUT2D eigenvalue weighted by Crippen LogP contribution is -2.48. The van der Waals surface area contributed by atoms with E-state index in [4.69, 9.17) is 0 Å². The smallest absolute Gasteiger partial charge is 0.320 e. The molecule has 0 spiro atoms. The lowest BCUT2D eigenvalue weighted by molar-refractivity contribution is 0.137. The van der Waals surface area contributed by atoms with Crippen LogP contribution in [0.1, 0.15) is 35.6 Å². The van der Waals surface area contributed by atoms with E-state index in [1.807, 2.05) is 29.0 Å². The van der Waals surface area contributed by atoms with Gasteiger partial charge in [-0.1, -0.05) is 36.4 Å². The molecule has 1 atom stereocenters. The van der Waals surface area contributed by atoms with Crippen molar-refractivity contribution in [3.05, 3.63) is 71.0 Å². The fourth-order valence-corrected chi connectivity index (χ4v) is 4.53. The van der Waals surface area contributed by atoms with Crippen LogP contribution in [0.3, 0.4) is 0 Å². The van der Waals surface area contributed by atoms with E-state index in [1.165, 1.54) is 17.7 Å². The third-order valence-electron chi connectivity index (χ3n) is 6.03. The van der Waals surface area contributed by atoms with Gasteiger partial charge in [-0.05, 0) is 67.1 Å². The maximum absolute atomic E-state index is 13.5. The molecular formula is C23H28FN3O. The van der Waals surface area contributed by atoms with Crippen molar-refractivity contribution in [3.8, 4) is 0 Å². The van der Waals surface area contributed by atoms with Crippen molar-refractivity contribution in [2.75, 3.05) is 33.2 Å². The maximum atomic E-state index is 13.5. The van der Waals surface area contributed by atoms with Gasteiger partial charge in [-0.25, -0.2) is 9.18 Å². The normalized spacial score (nSPS) is 19.9. The standard InChI is InChI=1S/C23H28FN3O/c1-26(16-17-10-13-25-14-11-17)23(28)27-15-12-18-4-2-3-5-21(18)22(27)19-6-8-20(24)9-7-19/h2-9,17,22,25H,10-16H2,1H3. The second-order valence-corrected chi connectivity index (χ2v) is 7.95. The molecule has 1 N–H and O–H groups in total. The van der Waals surface area contributed by atoms with Gasteiger partial charge in [-0.2, -0.15) is 0 Å². The zero-order valence-electron chi connectivity index (χ0n) is 16.4. The fraction of sp³-hybridized carbons (Fsp3) is 0.435. The van der Waals surface area contributed by atoms with Crippen molar-refractivity contribution in [1.29, 1.82) is 0 Å². The molecule has 1 saturated heterocycles. The molecule has 2 aromatic rings. The molecular weight excluding hydrogens is 353 g/mol. The van der Waals surface area contributed by atoms with Gasteiger partial charge in [0.1, 0.15) is 5.82 Å². The summed E-state index contributed by atoms with van der Waals surface area (Å²) in [6, 6.07) is 14.7. The summed E-state index contributed by atoms with van der Waals surface area (Å²) in [7, 11) is 1.91. The van der Waals surface area contributed by atoms with Gasteiger partial charge >= 0.3 is 6.03 Å². The lowest BCUT2D eigenvalue weighted by Gasteiger charge is -2.40. The highest BCUT2D eigenvalue weighted by molar-refractivity contribution is 5.76. The maximum Gasteiger partial charge on any atom is 0.320 e. The van der Waals surface area contributed by atoms with Gasteiger partial charge in [0.25, 0.3) is 0 Å². The van der Waals surface area contributed by atoms with Crippen molar-refractivity contribution in [1.82, 2.24) is 15.1 Å². The Balaban J connectivity index is 1.60. The number of urea groups is 1. The number of carbonyl (C=O) groups excluding carboxylic acids is 1. The van der Waals surface area contributed by atoms with Crippen molar-refractivity contribution in [3.63, 3.8) is 0 Å². The number of piperidine rings is 1. The summed E-state index contributed by atoms with van der Waals surface area (Å²) in [5.41, 5.74) is 3.36. The second kappa shape index (κ2) is 8.31. The van der Waals surface area contributed by atoms with Gasteiger partial charge < -0.3 is 15.1 Å². The number of hydrogen-bond acceptors (Lipinski definition) is 2. The number of carbonyl (C=O) groups is 1. The van der Waals surface area contributed by atoms with Gasteiger partial charge in [0.2, 0.25) is 0 Å². The van der Waals surface area contributed by atoms with Crippen LogP contribution in [0.2, 0.25) is 0 Å². The summed E-state index contributed by atoms with van der Waals surface area (Å²) in [5, 5.41) is 3.38. The number of nitrogens with one attached hydrogen (secondary N) is 1. The van der Waals surface area contributed by atoms with Crippen LogP contribution in [-0.2, 0) is 6.42 Å². The van der Waals surface area contributed by atoms with Crippen LogP contribution >= 0.6 is 0 Å². The summed E-state index contributed by atoms with van der Waals surface area (Å²) >= 11 is 0. The van der Waals surface area contributed by atoms with Gasteiger partial charge in [0, 0.05) is 20.1 Å². The molecule has 2 aliphatic rings. The second-order valence-electron chi connectivity index (χ2n) is 7.95. The number of nitrogens with zero attached hydrogens (tertiary/aromatic N) is 2. The average molecular weight is 381 g/mol. The van der Waals surface area contributed by atoms with Gasteiger partial charge in [-0.3, -0.25) is 0 Å². The third-order valence-corrected chi connectivity index (χ3v) is 6.03. The Morgan fingerprint density at radius 2 is 1.86 bits per heavy atom. The van der Waals surface area contributed by atoms with Gasteiger partial charge in [-0.15, -0.1) is 0 Å². The highest BCUT2D eigenvalue weighted by Gasteiger charge is 2.34. The van der Waals surface area contributed by atoms with E-state index >= 15 is 0 Å². The van der Waals surface area contributed by atoms with Crippen LogP contribution < -0.4 is 5.32 Å². The predicted octanol–water partition coefficient (Wildman–Crippen LogP) is 3.82. The minimum absolute atomic E-state index is 0.0577. The number of amides is 2. The zero-order chi connectivity index (χ0) is 19.5. The van der Waals surface area contributed by atoms with Crippen molar-refractivity contribution in [2.45, 2.75) is 25.3 Å². The highest BCUT2D eigenvalue weighted by atomic mass is 19.1. The van der Waals surface area contributed by atoms with E-state index in [1.54, 1.807) is 12.1 Å². The number of fused-ring (bicyclic) bond motifs is 1. The summed E-state index contributed by atoms with van der Waals surface area (Å²) in [6.07, 6.45) is 3.07. The largest absolute Gasteiger partial charge is 0.327 e. The predicted molar refractivity (Wildman–Crippen MR) is 109 cm³/mol. The molecule has 28 heavy (non-hydrogen) atoms. The highest BCUT2D eigenvalue weighted by Crippen LogP contribution is 2.35. The first-order chi connectivity index (χ1) is 13.6. The molecule has 148 valence electrons. The third kappa shape index (κ3) is 3.90. The summed E-state index contributed by atoms with van der Waals surface area (Å²) in [4.78, 5) is 17.2. The summed E-state index contributed by atoms with van der Waals surface area (Å²) < 4.78 is 13.5. The fourth-order valence-electron chi connectivity index (χ4n) is 4.53. The van der Waals surface area contributed by atoms with E-state index in [9.17, 15) is 9.18 Å². The minimum Gasteiger partial charge on any atom is -0.327 e. The average Bonchev–Trinajstić information content (AvgIpc) is 2.74. The molecule has 2 heterocycles. The molecule has 0 radical (unpaired) electrons. The molecule has 0 bridgehead atoms. The van der Waals surface area contributed by atoms with Crippen LogP contribution in [0.15, 0.2) is 48.5 Å². The number of hydrogen-bond donors (Lipinski definition) is 1. The summed E-state index contributed by atoms with van der Waals surface area (Å²) in [5.74, 6) is 0.297. The summed E-state index contributed by atoms with van der Waals surface area (Å²) in [6.45, 7) is 3.52. The van der Waals surface area contributed by atoms with Crippen LogP contribution in [0.25, 0.3) is 0 Å². The number of halogens is 1.